The number of aryl methyl sites for hydroxylation is 1. The SMILES string of the molecule is COCc1nsc(NCCc2cc(C)ccc2OC)n1. The van der Waals surface area contributed by atoms with Crippen molar-refractivity contribution < 1.29 is 9.47 Å². The van der Waals surface area contributed by atoms with Crippen molar-refractivity contribution in [2.45, 2.75) is 20.0 Å². The van der Waals surface area contributed by atoms with Gasteiger partial charge < -0.3 is 14.8 Å². The highest BCUT2D eigenvalue weighted by Crippen LogP contribution is 2.20. The largest absolute Gasteiger partial charge is 0.496 e. The maximum absolute atomic E-state index is 5.37. The molecule has 0 aliphatic heterocycles. The van der Waals surface area contributed by atoms with Gasteiger partial charge in [0.25, 0.3) is 0 Å². The highest BCUT2D eigenvalue weighted by atomic mass is 32.1. The van der Waals surface area contributed by atoms with Gasteiger partial charge in [0.2, 0.25) is 5.13 Å². The minimum absolute atomic E-state index is 0.448. The summed E-state index contributed by atoms with van der Waals surface area (Å²) in [6, 6.07) is 6.21. The van der Waals surface area contributed by atoms with Crippen LogP contribution in [0.25, 0.3) is 0 Å². The van der Waals surface area contributed by atoms with E-state index in [1.54, 1.807) is 14.2 Å². The predicted octanol–water partition coefficient (Wildman–Crippen LogP) is 2.66. The molecule has 1 N–H and O–H groups in total. The van der Waals surface area contributed by atoms with Crippen molar-refractivity contribution >= 4 is 16.7 Å². The molecule has 0 spiro atoms. The third-order valence-electron chi connectivity index (χ3n) is 2.85. The van der Waals surface area contributed by atoms with Gasteiger partial charge >= 0.3 is 0 Å². The molecule has 5 nitrogen and oxygen atoms in total. The molecule has 1 aromatic carbocycles. The molecule has 20 heavy (non-hydrogen) atoms. The van der Waals surface area contributed by atoms with Gasteiger partial charge in [-0.3, -0.25) is 0 Å². The number of hydrogen-bond donors (Lipinski definition) is 1. The molecule has 108 valence electrons. The molecule has 2 aromatic rings. The lowest BCUT2D eigenvalue weighted by Crippen LogP contribution is -2.06. The maximum Gasteiger partial charge on any atom is 0.202 e. The highest BCUT2D eigenvalue weighted by Gasteiger charge is 2.05. The number of methoxy groups -OCH3 is 2. The molecule has 0 fully saturated rings. The number of rotatable bonds is 7. The van der Waals surface area contributed by atoms with Gasteiger partial charge in [0.05, 0.1) is 7.11 Å². The van der Waals surface area contributed by atoms with Gasteiger partial charge in [0.15, 0.2) is 5.82 Å². The van der Waals surface area contributed by atoms with Gasteiger partial charge in [-0.25, -0.2) is 4.98 Å². The molecule has 1 heterocycles. The van der Waals surface area contributed by atoms with E-state index >= 15 is 0 Å². The summed E-state index contributed by atoms with van der Waals surface area (Å²) >= 11 is 1.35. The summed E-state index contributed by atoms with van der Waals surface area (Å²) in [5.41, 5.74) is 2.43. The molecule has 0 aliphatic carbocycles. The lowest BCUT2D eigenvalue weighted by Gasteiger charge is -2.09. The fraction of sp³-hybridized carbons (Fsp3) is 0.429. The highest BCUT2D eigenvalue weighted by molar-refractivity contribution is 7.09. The number of nitrogens with one attached hydrogen (secondary N) is 1. The fourth-order valence-corrected chi connectivity index (χ4v) is 2.52. The second kappa shape index (κ2) is 7.21. The van der Waals surface area contributed by atoms with E-state index in [2.05, 4.69) is 33.7 Å². The average Bonchev–Trinajstić information content (AvgIpc) is 2.87. The Morgan fingerprint density at radius 2 is 2.15 bits per heavy atom. The number of aromatic nitrogens is 2. The molecule has 0 saturated carbocycles. The van der Waals surface area contributed by atoms with Crippen LogP contribution in [0.2, 0.25) is 0 Å². The fourth-order valence-electron chi connectivity index (χ4n) is 1.92. The summed E-state index contributed by atoms with van der Waals surface area (Å²) in [7, 11) is 3.33. The van der Waals surface area contributed by atoms with E-state index in [0.29, 0.717) is 12.4 Å². The van der Waals surface area contributed by atoms with Crippen molar-refractivity contribution in [1.29, 1.82) is 0 Å². The van der Waals surface area contributed by atoms with Crippen LogP contribution in [0.1, 0.15) is 17.0 Å². The van der Waals surface area contributed by atoms with Crippen LogP contribution >= 0.6 is 11.5 Å². The second-order valence-corrected chi connectivity index (χ2v) is 5.19. The minimum atomic E-state index is 0.448. The van der Waals surface area contributed by atoms with Gasteiger partial charge in [0, 0.05) is 25.2 Å². The summed E-state index contributed by atoms with van der Waals surface area (Å²) in [5, 5.41) is 4.10. The van der Waals surface area contributed by atoms with E-state index in [1.165, 1.54) is 22.7 Å². The van der Waals surface area contributed by atoms with Crippen LogP contribution < -0.4 is 10.1 Å². The van der Waals surface area contributed by atoms with Crippen LogP contribution in [0.15, 0.2) is 18.2 Å². The summed E-state index contributed by atoms with van der Waals surface area (Å²) < 4.78 is 14.6. The van der Waals surface area contributed by atoms with Gasteiger partial charge in [-0.2, -0.15) is 4.37 Å². The molecule has 1 aromatic heterocycles. The first-order chi connectivity index (χ1) is 9.72. The molecule has 2 rings (SSSR count). The van der Waals surface area contributed by atoms with E-state index in [0.717, 1.165) is 23.8 Å². The summed E-state index contributed by atoms with van der Waals surface area (Å²) in [4.78, 5) is 4.33. The van der Waals surface area contributed by atoms with E-state index in [1.807, 2.05) is 6.07 Å². The van der Waals surface area contributed by atoms with Crippen molar-refractivity contribution in [1.82, 2.24) is 9.36 Å². The van der Waals surface area contributed by atoms with Gasteiger partial charge in [-0.1, -0.05) is 17.7 Å². The van der Waals surface area contributed by atoms with Crippen molar-refractivity contribution in [2.24, 2.45) is 0 Å². The van der Waals surface area contributed by atoms with Crippen LogP contribution in [0.4, 0.5) is 5.13 Å². The first kappa shape index (κ1) is 14.7. The standard InChI is InChI=1S/C14H19N3O2S/c1-10-4-5-12(19-3)11(8-10)6-7-15-14-16-13(9-18-2)17-20-14/h4-5,8H,6-7,9H2,1-3H3,(H,15,16,17). The van der Waals surface area contributed by atoms with E-state index in [9.17, 15) is 0 Å². The van der Waals surface area contributed by atoms with Crippen molar-refractivity contribution in [2.75, 3.05) is 26.1 Å². The lowest BCUT2D eigenvalue weighted by molar-refractivity contribution is 0.179. The van der Waals surface area contributed by atoms with E-state index in [-0.39, 0.29) is 0 Å². The van der Waals surface area contributed by atoms with E-state index < -0.39 is 0 Å². The summed E-state index contributed by atoms with van der Waals surface area (Å²) in [5.74, 6) is 1.64. The van der Waals surface area contributed by atoms with Crippen LogP contribution in [0.5, 0.6) is 5.75 Å². The van der Waals surface area contributed by atoms with Crippen molar-refractivity contribution in [3.8, 4) is 5.75 Å². The molecule has 6 heteroatoms. The van der Waals surface area contributed by atoms with Crippen LogP contribution in [0, 0.1) is 6.92 Å². The minimum Gasteiger partial charge on any atom is -0.496 e. The molecule has 0 radical (unpaired) electrons. The predicted molar refractivity (Wildman–Crippen MR) is 80.5 cm³/mol. The smallest absolute Gasteiger partial charge is 0.202 e. The normalized spacial score (nSPS) is 10.6. The van der Waals surface area contributed by atoms with Crippen LogP contribution in [-0.2, 0) is 17.8 Å². The van der Waals surface area contributed by atoms with E-state index in [4.69, 9.17) is 9.47 Å². The second-order valence-electron chi connectivity index (χ2n) is 4.44. The quantitative estimate of drug-likeness (QED) is 0.850. The zero-order chi connectivity index (χ0) is 14.4. The molecule has 0 atom stereocenters. The number of hydrogen-bond acceptors (Lipinski definition) is 6. The Balaban J connectivity index is 1.90. The zero-order valence-corrected chi connectivity index (χ0v) is 12.8. The van der Waals surface area contributed by atoms with Crippen molar-refractivity contribution in [3.63, 3.8) is 0 Å². The molecular formula is C14H19N3O2S. The summed E-state index contributed by atoms with van der Waals surface area (Å²) in [6.45, 7) is 3.32. The van der Waals surface area contributed by atoms with Crippen LogP contribution in [0.3, 0.4) is 0 Å². The van der Waals surface area contributed by atoms with Gasteiger partial charge in [-0.05, 0) is 25.0 Å². The number of benzene rings is 1. The van der Waals surface area contributed by atoms with Gasteiger partial charge in [-0.15, -0.1) is 0 Å². The third-order valence-corrected chi connectivity index (χ3v) is 3.56. The van der Waals surface area contributed by atoms with Crippen molar-refractivity contribution in [3.05, 3.63) is 35.2 Å². The molecule has 0 saturated heterocycles. The Labute approximate surface area is 123 Å². The monoisotopic (exact) mass is 293 g/mol. The Morgan fingerprint density at radius 3 is 2.90 bits per heavy atom. The Hall–Kier alpha value is -1.66. The Morgan fingerprint density at radius 1 is 1.30 bits per heavy atom. The molecule has 0 amide bonds. The summed E-state index contributed by atoms with van der Waals surface area (Å²) in [6.07, 6.45) is 0.879. The third kappa shape index (κ3) is 3.91. The Bertz CT molecular complexity index is 557. The number of anilines is 1. The van der Waals surface area contributed by atoms with Gasteiger partial charge in [0.1, 0.15) is 12.4 Å². The molecule has 0 unspecified atom stereocenters. The van der Waals surface area contributed by atoms with Crippen LogP contribution in [-0.4, -0.2) is 30.1 Å². The number of nitrogens with zero attached hydrogens (tertiary/aromatic N) is 2. The lowest BCUT2D eigenvalue weighted by atomic mass is 10.1. The Kier molecular flexibility index (Phi) is 5.31. The molecule has 0 aliphatic rings. The number of ether oxygens (including phenoxy) is 2. The topological polar surface area (TPSA) is 56.3 Å². The zero-order valence-electron chi connectivity index (χ0n) is 12.0. The molecule has 0 bridgehead atoms. The first-order valence-electron chi connectivity index (χ1n) is 6.42. The first-order valence-corrected chi connectivity index (χ1v) is 7.19. The maximum atomic E-state index is 5.37. The average molecular weight is 293 g/mol. The molecular weight excluding hydrogens is 274 g/mol.